The lowest BCUT2D eigenvalue weighted by molar-refractivity contribution is 0.207. The van der Waals surface area contributed by atoms with Crippen molar-refractivity contribution in [1.29, 1.82) is 0 Å². The molecule has 2 rings (SSSR count). The van der Waals surface area contributed by atoms with E-state index in [-0.39, 0.29) is 12.0 Å². The Morgan fingerprint density at radius 2 is 2.06 bits per heavy atom. The molecule has 0 bridgehead atoms. The minimum absolute atomic E-state index is 0.0104. The Kier molecular flexibility index (Phi) is 3.21. The van der Waals surface area contributed by atoms with Crippen LogP contribution in [0.4, 0.5) is 8.78 Å². The van der Waals surface area contributed by atoms with E-state index in [1.54, 1.807) is 0 Å². The van der Waals surface area contributed by atoms with Gasteiger partial charge in [-0.2, -0.15) is 0 Å². The Balaban J connectivity index is 1.85. The molecular formula is C12H15F2NO. The summed E-state index contributed by atoms with van der Waals surface area (Å²) in [6.07, 6.45) is 2.03. The van der Waals surface area contributed by atoms with Crippen LogP contribution in [0.3, 0.4) is 0 Å². The van der Waals surface area contributed by atoms with Crippen LogP contribution in [0.1, 0.15) is 18.4 Å². The zero-order valence-corrected chi connectivity index (χ0v) is 8.97. The molecule has 0 aliphatic heterocycles. The third-order valence-corrected chi connectivity index (χ3v) is 3.12. The lowest BCUT2D eigenvalue weighted by atomic mass is 10.1. The van der Waals surface area contributed by atoms with Crippen LogP contribution in [0.15, 0.2) is 18.2 Å². The normalized spacial score (nSPS) is 17.4. The molecule has 1 aromatic carbocycles. The molecule has 1 saturated carbocycles. The highest BCUT2D eigenvalue weighted by Crippen LogP contribution is 2.44. The zero-order chi connectivity index (χ0) is 11.6. The van der Waals surface area contributed by atoms with Gasteiger partial charge < -0.3 is 10.4 Å². The van der Waals surface area contributed by atoms with E-state index in [0.29, 0.717) is 18.7 Å². The molecule has 0 radical (unpaired) electrons. The van der Waals surface area contributed by atoms with Crippen molar-refractivity contribution >= 4 is 0 Å². The maximum atomic E-state index is 13.2. The van der Waals surface area contributed by atoms with E-state index < -0.39 is 11.6 Å². The van der Waals surface area contributed by atoms with Crippen LogP contribution < -0.4 is 5.32 Å². The van der Waals surface area contributed by atoms with Crippen molar-refractivity contribution in [2.75, 3.05) is 13.2 Å². The highest BCUT2D eigenvalue weighted by Gasteiger charge is 2.41. The summed E-state index contributed by atoms with van der Waals surface area (Å²) < 4.78 is 25.9. The lowest BCUT2D eigenvalue weighted by Crippen LogP contribution is -2.26. The summed E-state index contributed by atoms with van der Waals surface area (Å²) in [6, 6.07) is 3.57. The van der Waals surface area contributed by atoms with Gasteiger partial charge in [-0.05, 0) is 18.9 Å². The summed E-state index contributed by atoms with van der Waals surface area (Å²) in [4.78, 5) is 0. The minimum atomic E-state index is -0.560. The molecule has 0 unspecified atom stereocenters. The molecule has 1 aliphatic carbocycles. The number of aliphatic hydroxyl groups excluding tert-OH is 1. The van der Waals surface area contributed by atoms with Crippen LogP contribution in [-0.4, -0.2) is 18.3 Å². The fraction of sp³-hybridized carbons (Fsp3) is 0.500. The molecule has 0 amide bonds. The second kappa shape index (κ2) is 4.47. The molecule has 0 heterocycles. The number of hydrogen-bond donors (Lipinski definition) is 2. The summed E-state index contributed by atoms with van der Waals surface area (Å²) >= 11 is 0. The number of benzene rings is 1. The monoisotopic (exact) mass is 227 g/mol. The van der Waals surface area contributed by atoms with Crippen LogP contribution in [0.5, 0.6) is 0 Å². The van der Waals surface area contributed by atoms with Crippen molar-refractivity contribution in [2.45, 2.75) is 19.4 Å². The number of aliphatic hydroxyl groups is 1. The first kappa shape index (κ1) is 11.5. The smallest absolute Gasteiger partial charge is 0.130 e. The van der Waals surface area contributed by atoms with Gasteiger partial charge in [0.15, 0.2) is 0 Å². The van der Waals surface area contributed by atoms with E-state index in [4.69, 9.17) is 5.11 Å². The van der Waals surface area contributed by atoms with Gasteiger partial charge >= 0.3 is 0 Å². The molecule has 1 aliphatic rings. The first-order chi connectivity index (χ1) is 7.65. The fourth-order valence-corrected chi connectivity index (χ4v) is 1.69. The predicted octanol–water partition coefficient (Wildman–Crippen LogP) is 1.83. The van der Waals surface area contributed by atoms with Crippen molar-refractivity contribution in [3.05, 3.63) is 35.4 Å². The number of halogens is 2. The summed E-state index contributed by atoms with van der Waals surface area (Å²) in [5, 5.41) is 12.2. The molecule has 16 heavy (non-hydrogen) atoms. The quantitative estimate of drug-likeness (QED) is 0.804. The maximum absolute atomic E-state index is 13.2. The van der Waals surface area contributed by atoms with Crippen molar-refractivity contribution < 1.29 is 13.9 Å². The van der Waals surface area contributed by atoms with Gasteiger partial charge in [0.05, 0.1) is 0 Å². The van der Waals surface area contributed by atoms with E-state index in [1.165, 1.54) is 12.1 Å². The van der Waals surface area contributed by atoms with Gasteiger partial charge in [0, 0.05) is 36.7 Å². The average molecular weight is 227 g/mol. The van der Waals surface area contributed by atoms with Gasteiger partial charge in [-0.25, -0.2) is 8.78 Å². The van der Waals surface area contributed by atoms with Crippen LogP contribution in [0.2, 0.25) is 0 Å². The van der Waals surface area contributed by atoms with Gasteiger partial charge in [0.1, 0.15) is 11.6 Å². The van der Waals surface area contributed by atoms with Crippen molar-refractivity contribution in [1.82, 2.24) is 5.32 Å². The largest absolute Gasteiger partial charge is 0.396 e. The van der Waals surface area contributed by atoms with E-state index >= 15 is 0 Å². The Morgan fingerprint density at radius 3 is 2.62 bits per heavy atom. The van der Waals surface area contributed by atoms with Crippen molar-refractivity contribution in [2.24, 2.45) is 5.41 Å². The van der Waals surface area contributed by atoms with E-state index in [2.05, 4.69) is 5.32 Å². The molecule has 88 valence electrons. The molecule has 2 nitrogen and oxygen atoms in total. The minimum Gasteiger partial charge on any atom is -0.396 e. The topological polar surface area (TPSA) is 32.3 Å². The first-order valence-electron chi connectivity index (χ1n) is 5.41. The standard InChI is InChI=1S/C12H15F2NO/c13-10-2-1-9(11(14)5-10)6-15-7-12(8-16)3-4-12/h1-2,5,15-16H,3-4,6-8H2. The van der Waals surface area contributed by atoms with Gasteiger partial charge in [-0.1, -0.05) is 6.07 Å². The Hall–Kier alpha value is -1.00. The Morgan fingerprint density at radius 1 is 1.31 bits per heavy atom. The van der Waals surface area contributed by atoms with Crippen molar-refractivity contribution in [3.63, 3.8) is 0 Å². The molecule has 1 aromatic rings. The second-order valence-corrected chi connectivity index (χ2v) is 4.50. The summed E-state index contributed by atoms with van der Waals surface area (Å²) in [7, 11) is 0. The third kappa shape index (κ3) is 2.57. The molecule has 1 fully saturated rings. The van der Waals surface area contributed by atoms with Crippen molar-refractivity contribution in [3.8, 4) is 0 Å². The van der Waals surface area contributed by atoms with E-state index in [0.717, 1.165) is 18.9 Å². The zero-order valence-electron chi connectivity index (χ0n) is 8.97. The molecular weight excluding hydrogens is 212 g/mol. The first-order valence-corrected chi connectivity index (χ1v) is 5.41. The summed E-state index contributed by atoms with van der Waals surface area (Å²) in [5.74, 6) is -1.09. The fourth-order valence-electron chi connectivity index (χ4n) is 1.69. The van der Waals surface area contributed by atoms with Crippen LogP contribution in [0.25, 0.3) is 0 Å². The van der Waals surface area contributed by atoms with Gasteiger partial charge in [0.25, 0.3) is 0 Å². The SMILES string of the molecule is OCC1(CNCc2ccc(F)cc2F)CC1. The Bertz CT molecular complexity index is 377. The summed E-state index contributed by atoms with van der Waals surface area (Å²) in [6.45, 7) is 1.22. The van der Waals surface area contributed by atoms with E-state index in [1.807, 2.05) is 0 Å². The summed E-state index contributed by atoms with van der Waals surface area (Å²) in [5.41, 5.74) is 0.464. The molecule has 0 atom stereocenters. The predicted molar refractivity (Wildman–Crippen MR) is 56.8 cm³/mol. The van der Waals surface area contributed by atoms with Gasteiger partial charge in [-0.15, -0.1) is 0 Å². The number of hydrogen-bond acceptors (Lipinski definition) is 2. The van der Waals surface area contributed by atoms with Gasteiger partial charge in [-0.3, -0.25) is 0 Å². The molecule has 2 N–H and O–H groups in total. The lowest BCUT2D eigenvalue weighted by Gasteiger charge is -2.12. The van der Waals surface area contributed by atoms with Crippen LogP contribution >= 0.6 is 0 Å². The Labute approximate surface area is 93.3 Å². The molecule has 4 heteroatoms. The van der Waals surface area contributed by atoms with Crippen LogP contribution in [0, 0.1) is 17.0 Å². The second-order valence-electron chi connectivity index (χ2n) is 4.50. The van der Waals surface area contributed by atoms with E-state index in [9.17, 15) is 8.78 Å². The third-order valence-electron chi connectivity index (χ3n) is 3.12. The molecule has 0 saturated heterocycles. The highest BCUT2D eigenvalue weighted by molar-refractivity contribution is 5.18. The molecule has 0 aromatic heterocycles. The van der Waals surface area contributed by atoms with Crippen LogP contribution in [-0.2, 0) is 6.54 Å². The number of rotatable bonds is 5. The van der Waals surface area contributed by atoms with Gasteiger partial charge in [0.2, 0.25) is 0 Å². The maximum Gasteiger partial charge on any atom is 0.130 e. The average Bonchev–Trinajstić information content (AvgIpc) is 3.02. The number of nitrogens with one attached hydrogen (secondary N) is 1. The highest BCUT2D eigenvalue weighted by atomic mass is 19.1. The molecule has 0 spiro atoms.